The fraction of sp³-hybridized carbons (Fsp3) is 0.375. The van der Waals surface area contributed by atoms with Gasteiger partial charge in [0.25, 0.3) is 5.69 Å². The van der Waals surface area contributed by atoms with Crippen LogP contribution in [0.25, 0.3) is 0 Å². The number of phenolic OH excluding ortho intramolecular Hbond substituents is 1. The highest BCUT2D eigenvalue weighted by atomic mass is 32.2. The quantitative estimate of drug-likeness (QED) is 0.112. The van der Waals surface area contributed by atoms with Crippen LogP contribution in [0.4, 0.5) is 11.4 Å². The van der Waals surface area contributed by atoms with Gasteiger partial charge >= 0.3 is 17.6 Å². The summed E-state index contributed by atoms with van der Waals surface area (Å²) in [6.45, 7) is -0.793. The minimum Gasteiger partial charge on any atom is -0.502 e. The van der Waals surface area contributed by atoms with Crippen LogP contribution in [0.1, 0.15) is 12.8 Å². The lowest BCUT2D eigenvalue weighted by molar-refractivity contribution is -0.396. The molecule has 0 aromatic heterocycles. The van der Waals surface area contributed by atoms with E-state index in [1.54, 1.807) is 0 Å². The summed E-state index contributed by atoms with van der Waals surface area (Å²) in [7, 11) is 0. The number of phenols is 1. The summed E-state index contributed by atoms with van der Waals surface area (Å²) in [4.78, 5) is 65.7. The molecule has 0 bridgehead atoms. The molecular formula is C16H19N5O11S. The van der Waals surface area contributed by atoms with Crippen molar-refractivity contribution in [1.82, 2.24) is 10.6 Å². The number of nitrogens with two attached hydrogens (primary N) is 1. The Morgan fingerprint density at radius 2 is 1.70 bits per heavy atom. The van der Waals surface area contributed by atoms with Crippen LogP contribution in [0.15, 0.2) is 17.0 Å². The summed E-state index contributed by atoms with van der Waals surface area (Å²) in [6.07, 6.45) is -0.654. The van der Waals surface area contributed by atoms with E-state index in [0.717, 1.165) is 6.07 Å². The maximum atomic E-state index is 12.3. The zero-order valence-electron chi connectivity index (χ0n) is 16.6. The predicted molar refractivity (Wildman–Crippen MR) is 110 cm³/mol. The average Bonchev–Trinajstić information content (AvgIpc) is 2.72. The molecule has 1 rings (SSSR count). The molecule has 0 spiro atoms. The van der Waals surface area contributed by atoms with Crippen molar-refractivity contribution in [3.63, 3.8) is 0 Å². The van der Waals surface area contributed by atoms with Gasteiger partial charge in [0.2, 0.25) is 11.8 Å². The van der Waals surface area contributed by atoms with Crippen LogP contribution in [0.2, 0.25) is 0 Å². The largest absolute Gasteiger partial charge is 0.502 e. The molecule has 0 fully saturated rings. The Bertz CT molecular complexity index is 970. The lowest BCUT2D eigenvalue weighted by atomic mass is 10.1. The molecule has 0 heterocycles. The maximum absolute atomic E-state index is 12.3. The number of aromatic hydroxyl groups is 1. The summed E-state index contributed by atoms with van der Waals surface area (Å²) in [5.41, 5.74) is 3.65. The molecule has 0 aliphatic heterocycles. The topological polar surface area (TPSA) is 265 Å². The smallest absolute Gasteiger partial charge is 0.322 e. The van der Waals surface area contributed by atoms with Gasteiger partial charge < -0.3 is 31.7 Å². The number of carbonyl (C=O) groups excluding carboxylic acids is 2. The van der Waals surface area contributed by atoms with Gasteiger partial charge in [-0.2, -0.15) is 0 Å². The summed E-state index contributed by atoms with van der Waals surface area (Å²) in [6, 6.07) is -1.49. The number of carbonyl (C=O) groups is 4. The molecule has 0 aliphatic carbocycles. The molecule has 0 unspecified atom stereocenters. The highest BCUT2D eigenvalue weighted by Gasteiger charge is 2.28. The fourth-order valence-electron chi connectivity index (χ4n) is 2.27. The van der Waals surface area contributed by atoms with Crippen molar-refractivity contribution >= 4 is 46.9 Å². The summed E-state index contributed by atoms with van der Waals surface area (Å²) in [5, 5.41) is 53.6. The van der Waals surface area contributed by atoms with E-state index in [9.17, 15) is 44.5 Å². The van der Waals surface area contributed by atoms with Crippen LogP contribution in [0.5, 0.6) is 5.75 Å². The Labute approximate surface area is 188 Å². The van der Waals surface area contributed by atoms with Crippen molar-refractivity contribution in [3.05, 3.63) is 32.4 Å². The van der Waals surface area contributed by atoms with Crippen molar-refractivity contribution in [1.29, 1.82) is 0 Å². The summed E-state index contributed by atoms with van der Waals surface area (Å²) in [5.74, 6) is -5.77. The maximum Gasteiger partial charge on any atom is 0.322 e. The van der Waals surface area contributed by atoms with Gasteiger partial charge in [0.15, 0.2) is 5.75 Å². The first-order valence-electron chi connectivity index (χ1n) is 8.89. The van der Waals surface area contributed by atoms with Crippen LogP contribution >= 0.6 is 11.8 Å². The molecule has 2 amide bonds. The summed E-state index contributed by atoms with van der Waals surface area (Å²) < 4.78 is 0. The third-order valence-electron chi connectivity index (χ3n) is 3.92. The number of thioether (sulfide) groups is 1. The van der Waals surface area contributed by atoms with E-state index in [-0.39, 0.29) is 17.7 Å². The highest BCUT2D eigenvalue weighted by molar-refractivity contribution is 7.99. The Kier molecular flexibility index (Phi) is 9.96. The SMILES string of the molecule is N[C@@H](CCC(=O)N[C@@H](CSc1cc(O)c([N+](=O)[O-])cc1[N+](=O)[O-])C(=O)NCC(=O)O)C(=O)O. The standard InChI is InChI=1S/C16H19N5O11S/c17-7(16(27)28)1-2-13(23)19-8(15(26)18-5-14(24)25)6-33-12-4-11(22)9(20(29)30)3-10(12)21(31)32/h3-4,7-8,22H,1-2,5-6,17H2,(H,18,26)(H,19,23)(H,24,25)(H,27,28)/t7-,8-/m0/s1. The Morgan fingerprint density at radius 1 is 1.09 bits per heavy atom. The lowest BCUT2D eigenvalue weighted by Gasteiger charge is -2.18. The Balaban J connectivity index is 3.05. The second-order valence-corrected chi connectivity index (χ2v) is 7.41. The highest BCUT2D eigenvalue weighted by Crippen LogP contribution is 2.38. The molecule has 17 heteroatoms. The lowest BCUT2D eigenvalue weighted by Crippen LogP contribution is -2.49. The number of nitrogens with one attached hydrogen (secondary N) is 2. The summed E-state index contributed by atoms with van der Waals surface area (Å²) >= 11 is 0.586. The molecule has 7 N–H and O–H groups in total. The molecule has 1 aromatic rings. The predicted octanol–water partition coefficient (Wildman–Crippen LogP) is -0.822. The van der Waals surface area contributed by atoms with Gasteiger partial charge in [-0.25, -0.2) is 0 Å². The van der Waals surface area contributed by atoms with E-state index in [1.165, 1.54) is 0 Å². The number of hydrogen-bond donors (Lipinski definition) is 6. The first-order valence-corrected chi connectivity index (χ1v) is 9.87. The minimum absolute atomic E-state index is 0.263. The van der Waals surface area contributed by atoms with Gasteiger partial charge in [-0.05, 0) is 6.42 Å². The third-order valence-corrected chi connectivity index (χ3v) is 5.06. The first kappa shape index (κ1) is 27.0. The second kappa shape index (κ2) is 12.2. The number of carboxylic acids is 2. The van der Waals surface area contributed by atoms with E-state index in [4.69, 9.17) is 15.9 Å². The fourth-order valence-corrected chi connectivity index (χ4v) is 3.33. The molecule has 16 nitrogen and oxygen atoms in total. The van der Waals surface area contributed by atoms with E-state index in [2.05, 4.69) is 5.32 Å². The molecule has 0 saturated carbocycles. The number of nitro benzene ring substituents is 2. The number of carboxylic acid groups (broad SMARTS) is 2. The van der Waals surface area contributed by atoms with Gasteiger partial charge in [-0.15, -0.1) is 11.8 Å². The van der Waals surface area contributed by atoms with E-state index >= 15 is 0 Å². The average molecular weight is 489 g/mol. The number of benzene rings is 1. The van der Waals surface area contributed by atoms with Crippen LogP contribution in [-0.4, -0.2) is 73.3 Å². The number of hydrogen-bond acceptors (Lipinski definition) is 11. The molecule has 0 radical (unpaired) electrons. The Morgan fingerprint density at radius 3 is 2.21 bits per heavy atom. The van der Waals surface area contributed by atoms with E-state index in [1.807, 2.05) is 5.32 Å². The van der Waals surface area contributed by atoms with Gasteiger partial charge in [0.05, 0.1) is 20.8 Å². The molecule has 0 aliphatic rings. The normalized spacial score (nSPS) is 12.3. The molecule has 1 aromatic carbocycles. The second-order valence-electron chi connectivity index (χ2n) is 6.35. The number of rotatable bonds is 13. The van der Waals surface area contributed by atoms with Gasteiger partial charge in [0.1, 0.15) is 18.6 Å². The number of aliphatic carboxylic acids is 2. The third kappa shape index (κ3) is 8.57. The zero-order chi connectivity index (χ0) is 25.3. The van der Waals surface area contributed by atoms with Crippen molar-refractivity contribution in [2.24, 2.45) is 5.73 Å². The van der Waals surface area contributed by atoms with E-state index in [0.29, 0.717) is 17.8 Å². The Hall–Kier alpha value is -3.99. The van der Waals surface area contributed by atoms with Gasteiger partial charge in [-0.1, -0.05) is 0 Å². The van der Waals surface area contributed by atoms with Crippen LogP contribution in [-0.2, 0) is 19.2 Å². The monoisotopic (exact) mass is 489 g/mol. The van der Waals surface area contributed by atoms with Crippen molar-refractivity contribution in [2.75, 3.05) is 12.3 Å². The van der Waals surface area contributed by atoms with Gasteiger partial charge in [-0.3, -0.25) is 39.4 Å². The first-order chi connectivity index (χ1) is 15.3. The molecule has 0 saturated heterocycles. The number of amides is 2. The number of nitro groups is 2. The van der Waals surface area contributed by atoms with Gasteiger partial charge in [0, 0.05) is 18.2 Å². The van der Waals surface area contributed by atoms with Crippen LogP contribution in [0, 0.1) is 20.2 Å². The minimum atomic E-state index is -1.43. The van der Waals surface area contributed by atoms with Crippen molar-refractivity contribution in [3.8, 4) is 5.75 Å². The van der Waals surface area contributed by atoms with Crippen molar-refractivity contribution in [2.45, 2.75) is 29.8 Å². The molecular weight excluding hydrogens is 470 g/mol. The van der Waals surface area contributed by atoms with Crippen LogP contribution in [0.3, 0.4) is 0 Å². The zero-order valence-corrected chi connectivity index (χ0v) is 17.4. The molecule has 180 valence electrons. The molecule has 33 heavy (non-hydrogen) atoms. The van der Waals surface area contributed by atoms with Crippen molar-refractivity contribution < 1.29 is 44.3 Å². The van der Waals surface area contributed by atoms with Crippen LogP contribution < -0.4 is 16.4 Å². The molecule has 2 atom stereocenters. The number of nitrogens with zero attached hydrogens (tertiary/aromatic N) is 2. The van der Waals surface area contributed by atoms with E-state index < -0.39 is 75.1 Å².